The molecule has 0 aromatic carbocycles. The molecule has 0 spiro atoms. The fourth-order valence-corrected chi connectivity index (χ4v) is 3.65. The molecule has 0 aromatic heterocycles. The van der Waals surface area contributed by atoms with Crippen molar-refractivity contribution in [1.82, 2.24) is 0 Å². The number of ether oxygens (including phenoxy) is 2. The Hall–Kier alpha value is -0.0800. The third kappa shape index (κ3) is 0.647. The fraction of sp³-hybridized carbons (Fsp3) is 1.00. The van der Waals surface area contributed by atoms with E-state index in [2.05, 4.69) is 0 Å². The molecule has 3 aliphatic heterocycles. The zero-order valence-electron chi connectivity index (χ0n) is 7.11. The van der Waals surface area contributed by atoms with E-state index < -0.39 is 0 Å². The highest BCUT2D eigenvalue weighted by atomic mass is 16.6. The normalized spacial score (nSPS) is 66.0. The van der Waals surface area contributed by atoms with Crippen molar-refractivity contribution in [3.8, 4) is 0 Å². The van der Waals surface area contributed by atoms with Gasteiger partial charge in [-0.2, -0.15) is 0 Å². The highest BCUT2D eigenvalue weighted by Gasteiger charge is 2.60. The van der Waals surface area contributed by atoms with Crippen LogP contribution in [0.2, 0.25) is 0 Å². The Labute approximate surface area is 72.2 Å². The predicted molar refractivity (Wildman–Crippen MR) is 42.8 cm³/mol. The topological polar surface area (TPSA) is 21.8 Å². The monoisotopic (exact) mass is 166 g/mol. The standard InChI is InChI=1S/C10H14O2/c1-2-7-5-3-6(1)11-9(7)10-8(4-5)12-10/h5-10H,1-4H2. The molecule has 66 valence electrons. The molecule has 5 rings (SSSR count). The molecule has 3 saturated heterocycles. The first kappa shape index (κ1) is 6.39. The lowest BCUT2D eigenvalue weighted by atomic mass is 9.66. The van der Waals surface area contributed by atoms with Crippen molar-refractivity contribution in [2.24, 2.45) is 11.8 Å². The van der Waals surface area contributed by atoms with Crippen LogP contribution in [0.5, 0.6) is 0 Å². The van der Waals surface area contributed by atoms with Gasteiger partial charge in [-0.05, 0) is 37.5 Å². The van der Waals surface area contributed by atoms with Gasteiger partial charge in [0.1, 0.15) is 6.10 Å². The van der Waals surface area contributed by atoms with Crippen LogP contribution in [0.15, 0.2) is 0 Å². The van der Waals surface area contributed by atoms with Gasteiger partial charge in [0, 0.05) is 0 Å². The van der Waals surface area contributed by atoms with Crippen molar-refractivity contribution < 1.29 is 9.47 Å². The van der Waals surface area contributed by atoms with Crippen LogP contribution in [0.4, 0.5) is 0 Å². The Morgan fingerprint density at radius 2 is 1.92 bits per heavy atom. The lowest BCUT2D eigenvalue weighted by molar-refractivity contribution is -0.164. The van der Waals surface area contributed by atoms with E-state index in [1.165, 1.54) is 25.7 Å². The van der Waals surface area contributed by atoms with Gasteiger partial charge in [-0.1, -0.05) is 0 Å². The van der Waals surface area contributed by atoms with Gasteiger partial charge in [0.15, 0.2) is 0 Å². The predicted octanol–water partition coefficient (Wildman–Crippen LogP) is 1.34. The van der Waals surface area contributed by atoms with E-state index >= 15 is 0 Å². The number of hydrogen-bond donors (Lipinski definition) is 0. The second-order valence-electron chi connectivity index (χ2n) is 4.83. The third-order valence-electron chi connectivity index (χ3n) is 4.25. The van der Waals surface area contributed by atoms with E-state index in [1.807, 2.05) is 0 Å². The van der Waals surface area contributed by atoms with E-state index in [4.69, 9.17) is 9.47 Å². The molecule has 5 aliphatic rings. The molecule has 6 unspecified atom stereocenters. The molecule has 5 fully saturated rings. The summed E-state index contributed by atoms with van der Waals surface area (Å²) in [4.78, 5) is 0. The first-order chi connectivity index (χ1) is 5.92. The summed E-state index contributed by atoms with van der Waals surface area (Å²) in [6, 6.07) is 0. The number of hydrogen-bond acceptors (Lipinski definition) is 2. The van der Waals surface area contributed by atoms with Crippen LogP contribution >= 0.6 is 0 Å². The molecule has 3 heterocycles. The zero-order chi connectivity index (χ0) is 7.71. The number of epoxide rings is 1. The lowest BCUT2D eigenvalue weighted by Gasteiger charge is -2.49. The Morgan fingerprint density at radius 1 is 0.917 bits per heavy atom. The van der Waals surface area contributed by atoms with Gasteiger partial charge in [0.2, 0.25) is 0 Å². The maximum Gasteiger partial charge on any atom is 0.111 e. The molecule has 0 radical (unpaired) electrons. The summed E-state index contributed by atoms with van der Waals surface area (Å²) >= 11 is 0. The molecule has 2 aliphatic carbocycles. The van der Waals surface area contributed by atoms with Gasteiger partial charge in [0.05, 0.1) is 18.3 Å². The Balaban J connectivity index is 1.73. The average Bonchev–Trinajstić information content (AvgIpc) is 2.84. The summed E-state index contributed by atoms with van der Waals surface area (Å²) in [6.45, 7) is 0. The van der Waals surface area contributed by atoms with Crippen LogP contribution in [-0.2, 0) is 9.47 Å². The van der Waals surface area contributed by atoms with Crippen molar-refractivity contribution >= 4 is 0 Å². The van der Waals surface area contributed by atoms with Crippen LogP contribution in [0, 0.1) is 11.8 Å². The molecule has 0 amide bonds. The molecule has 6 atom stereocenters. The van der Waals surface area contributed by atoms with Crippen LogP contribution in [0.25, 0.3) is 0 Å². The largest absolute Gasteiger partial charge is 0.372 e. The van der Waals surface area contributed by atoms with Gasteiger partial charge in [-0.3, -0.25) is 0 Å². The number of rotatable bonds is 0. The summed E-state index contributed by atoms with van der Waals surface area (Å²) in [5.74, 6) is 1.81. The van der Waals surface area contributed by atoms with Crippen molar-refractivity contribution in [2.45, 2.75) is 50.1 Å². The molecule has 2 nitrogen and oxygen atoms in total. The highest BCUT2D eigenvalue weighted by molar-refractivity contribution is 5.07. The first-order valence-corrected chi connectivity index (χ1v) is 5.23. The van der Waals surface area contributed by atoms with Crippen molar-refractivity contribution in [3.05, 3.63) is 0 Å². The van der Waals surface area contributed by atoms with Crippen LogP contribution in [0.3, 0.4) is 0 Å². The molecule has 4 bridgehead atoms. The molecule has 2 heteroatoms. The smallest absolute Gasteiger partial charge is 0.111 e. The van der Waals surface area contributed by atoms with Crippen LogP contribution in [0.1, 0.15) is 25.7 Å². The Kier molecular flexibility index (Phi) is 0.999. The maximum atomic E-state index is 5.99. The Bertz CT molecular complexity index is 226. The molecule has 2 saturated carbocycles. The van der Waals surface area contributed by atoms with Crippen molar-refractivity contribution in [3.63, 3.8) is 0 Å². The minimum Gasteiger partial charge on any atom is -0.372 e. The first-order valence-electron chi connectivity index (χ1n) is 5.23. The SMILES string of the molecule is C1CC2C3CC1OC2C1OC1C3. The van der Waals surface area contributed by atoms with E-state index in [-0.39, 0.29) is 0 Å². The average molecular weight is 166 g/mol. The zero-order valence-corrected chi connectivity index (χ0v) is 7.11. The summed E-state index contributed by atoms with van der Waals surface area (Å²) < 4.78 is 11.6. The minimum absolute atomic E-state index is 0.501. The molecular weight excluding hydrogens is 152 g/mol. The molecule has 12 heavy (non-hydrogen) atoms. The summed E-state index contributed by atoms with van der Waals surface area (Å²) in [7, 11) is 0. The lowest BCUT2D eigenvalue weighted by Crippen LogP contribution is -2.52. The second kappa shape index (κ2) is 1.88. The van der Waals surface area contributed by atoms with Gasteiger partial charge in [-0.15, -0.1) is 0 Å². The maximum absolute atomic E-state index is 5.99. The van der Waals surface area contributed by atoms with Crippen molar-refractivity contribution in [2.75, 3.05) is 0 Å². The van der Waals surface area contributed by atoms with Crippen LogP contribution < -0.4 is 0 Å². The molecular formula is C10H14O2. The van der Waals surface area contributed by atoms with E-state index in [0.717, 1.165) is 11.8 Å². The molecule has 0 aromatic rings. The summed E-state index contributed by atoms with van der Waals surface area (Å²) in [6.07, 6.45) is 7.59. The third-order valence-corrected chi connectivity index (χ3v) is 4.25. The van der Waals surface area contributed by atoms with Crippen molar-refractivity contribution in [1.29, 1.82) is 0 Å². The van der Waals surface area contributed by atoms with Gasteiger partial charge < -0.3 is 9.47 Å². The highest BCUT2D eigenvalue weighted by Crippen LogP contribution is 2.54. The van der Waals surface area contributed by atoms with E-state index in [9.17, 15) is 0 Å². The van der Waals surface area contributed by atoms with E-state index in [1.54, 1.807) is 0 Å². The minimum atomic E-state index is 0.501. The quantitative estimate of drug-likeness (QED) is 0.506. The van der Waals surface area contributed by atoms with Gasteiger partial charge in [0.25, 0.3) is 0 Å². The fourth-order valence-electron chi connectivity index (χ4n) is 3.65. The summed E-state index contributed by atoms with van der Waals surface area (Å²) in [5.41, 5.74) is 0. The molecule has 0 N–H and O–H groups in total. The van der Waals surface area contributed by atoms with Gasteiger partial charge >= 0.3 is 0 Å². The second-order valence-corrected chi connectivity index (χ2v) is 4.83. The van der Waals surface area contributed by atoms with E-state index in [0.29, 0.717) is 24.4 Å². The Morgan fingerprint density at radius 3 is 2.83 bits per heavy atom. The number of fused-ring (bicyclic) bond motifs is 2. The van der Waals surface area contributed by atoms with Gasteiger partial charge in [-0.25, -0.2) is 0 Å². The summed E-state index contributed by atoms with van der Waals surface area (Å²) in [5, 5.41) is 0. The van der Waals surface area contributed by atoms with Crippen LogP contribution in [-0.4, -0.2) is 24.4 Å².